The first-order valence-corrected chi connectivity index (χ1v) is 9.48. The Hall–Kier alpha value is -3.25. The molecule has 146 valence electrons. The van der Waals surface area contributed by atoms with Crippen molar-refractivity contribution in [3.63, 3.8) is 0 Å². The molecule has 0 spiro atoms. The number of fused-ring (bicyclic) bond motifs is 2. The molecule has 6 nitrogen and oxygen atoms in total. The number of carbonyl (C=O) groups is 3. The highest BCUT2D eigenvalue weighted by molar-refractivity contribution is 6.30. The summed E-state index contributed by atoms with van der Waals surface area (Å²) < 4.78 is 5.28. The summed E-state index contributed by atoms with van der Waals surface area (Å²) in [7, 11) is 0. The number of halogens is 1. The van der Waals surface area contributed by atoms with Crippen LogP contribution in [0.4, 0.5) is 0 Å². The lowest BCUT2D eigenvalue weighted by Gasteiger charge is -2.13. The Bertz CT molecular complexity index is 1120. The molecule has 2 aromatic carbocycles. The van der Waals surface area contributed by atoms with Gasteiger partial charge in [0.25, 0.3) is 11.8 Å². The number of nitrogens with zero attached hydrogens (tertiary/aromatic N) is 2. The lowest BCUT2D eigenvalue weighted by atomic mass is 10.1. The van der Waals surface area contributed by atoms with E-state index in [1.807, 2.05) is 31.2 Å². The molecular formula is C22H17ClN2O4. The zero-order chi connectivity index (χ0) is 20.5. The van der Waals surface area contributed by atoms with Gasteiger partial charge in [0.2, 0.25) is 0 Å². The number of imide groups is 1. The lowest BCUT2D eigenvalue weighted by molar-refractivity contribution is -0.145. The molecule has 1 aromatic heterocycles. The second-order valence-electron chi connectivity index (χ2n) is 6.85. The van der Waals surface area contributed by atoms with Crippen molar-refractivity contribution in [2.75, 3.05) is 6.54 Å². The van der Waals surface area contributed by atoms with Gasteiger partial charge in [-0.15, -0.1) is 0 Å². The van der Waals surface area contributed by atoms with Gasteiger partial charge >= 0.3 is 5.97 Å². The summed E-state index contributed by atoms with van der Waals surface area (Å²) in [6.45, 7) is 1.91. The van der Waals surface area contributed by atoms with Crippen LogP contribution in [0.15, 0.2) is 48.5 Å². The van der Waals surface area contributed by atoms with Crippen LogP contribution in [0.2, 0.25) is 5.15 Å². The summed E-state index contributed by atoms with van der Waals surface area (Å²) >= 11 is 6.21. The minimum atomic E-state index is -0.526. The van der Waals surface area contributed by atoms with E-state index in [2.05, 4.69) is 4.98 Å². The van der Waals surface area contributed by atoms with E-state index in [9.17, 15) is 14.4 Å². The maximum atomic E-state index is 12.3. The van der Waals surface area contributed by atoms with Gasteiger partial charge in [-0.1, -0.05) is 35.9 Å². The summed E-state index contributed by atoms with van der Waals surface area (Å²) in [6, 6.07) is 14.3. The molecule has 4 rings (SSSR count). The Balaban J connectivity index is 1.37. The Labute approximate surface area is 172 Å². The Kier molecular flexibility index (Phi) is 5.03. The number of rotatable bonds is 5. The van der Waals surface area contributed by atoms with Crippen molar-refractivity contribution < 1.29 is 19.1 Å². The number of hydrogen-bond donors (Lipinski definition) is 0. The van der Waals surface area contributed by atoms with Crippen LogP contribution in [0.25, 0.3) is 10.9 Å². The van der Waals surface area contributed by atoms with Crippen LogP contribution < -0.4 is 0 Å². The van der Waals surface area contributed by atoms with Crippen LogP contribution in [-0.4, -0.2) is 34.2 Å². The Morgan fingerprint density at radius 1 is 1.07 bits per heavy atom. The molecule has 0 unspecified atom stereocenters. The van der Waals surface area contributed by atoms with E-state index >= 15 is 0 Å². The molecule has 0 saturated heterocycles. The normalized spacial score (nSPS) is 13.1. The summed E-state index contributed by atoms with van der Waals surface area (Å²) in [5.74, 6) is -1.31. The number of aryl methyl sites for hydroxylation is 1. The molecule has 0 aliphatic carbocycles. The zero-order valence-electron chi connectivity index (χ0n) is 15.6. The topological polar surface area (TPSA) is 76.6 Å². The van der Waals surface area contributed by atoms with Gasteiger partial charge in [0, 0.05) is 17.5 Å². The molecule has 29 heavy (non-hydrogen) atoms. The van der Waals surface area contributed by atoms with Crippen molar-refractivity contribution in [2.24, 2.45) is 0 Å². The predicted molar refractivity (Wildman–Crippen MR) is 108 cm³/mol. The van der Waals surface area contributed by atoms with Crippen LogP contribution in [-0.2, 0) is 16.1 Å². The third kappa shape index (κ3) is 3.71. The van der Waals surface area contributed by atoms with Crippen molar-refractivity contribution in [2.45, 2.75) is 20.0 Å². The molecule has 2 heterocycles. The summed E-state index contributed by atoms with van der Waals surface area (Å²) in [5, 5.41) is 1.17. The van der Waals surface area contributed by atoms with Crippen LogP contribution in [0.1, 0.15) is 38.3 Å². The van der Waals surface area contributed by atoms with Crippen molar-refractivity contribution in [3.05, 3.63) is 75.9 Å². The van der Waals surface area contributed by atoms with E-state index in [4.69, 9.17) is 16.3 Å². The van der Waals surface area contributed by atoms with Crippen molar-refractivity contribution in [1.82, 2.24) is 9.88 Å². The van der Waals surface area contributed by atoms with Gasteiger partial charge < -0.3 is 4.74 Å². The fourth-order valence-electron chi connectivity index (χ4n) is 3.27. The molecule has 0 saturated carbocycles. The van der Waals surface area contributed by atoms with E-state index in [0.29, 0.717) is 16.7 Å². The minimum Gasteiger partial charge on any atom is -0.461 e. The molecule has 0 fully saturated rings. The van der Waals surface area contributed by atoms with E-state index in [1.165, 1.54) is 0 Å². The number of hydrogen-bond acceptors (Lipinski definition) is 5. The van der Waals surface area contributed by atoms with Gasteiger partial charge in [0.15, 0.2) is 0 Å². The van der Waals surface area contributed by atoms with Crippen molar-refractivity contribution in [1.29, 1.82) is 0 Å². The lowest BCUT2D eigenvalue weighted by Crippen LogP contribution is -2.32. The Morgan fingerprint density at radius 2 is 1.76 bits per heavy atom. The standard InChI is InChI=1S/C22H17ClN2O4/c1-13-6-7-14-11-15(20(23)24-18(14)10-13)12-29-19(26)8-9-25-21(27)16-4-2-3-5-17(16)22(25)28/h2-7,10-11H,8-9,12H2,1H3. The summed E-state index contributed by atoms with van der Waals surface area (Å²) in [4.78, 5) is 42.2. The van der Waals surface area contributed by atoms with Crippen LogP contribution in [0, 0.1) is 6.92 Å². The number of esters is 1. The fourth-order valence-corrected chi connectivity index (χ4v) is 3.47. The summed E-state index contributed by atoms with van der Waals surface area (Å²) in [5.41, 5.74) is 3.16. The van der Waals surface area contributed by atoms with Crippen molar-refractivity contribution in [3.8, 4) is 0 Å². The van der Waals surface area contributed by atoms with Gasteiger partial charge in [-0.25, -0.2) is 4.98 Å². The third-order valence-corrected chi connectivity index (χ3v) is 5.13. The molecular weight excluding hydrogens is 392 g/mol. The average molecular weight is 409 g/mol. The maximum Gasteiger partial charge on any atom is 0.307 e. The molecule has 0 bridgehead atoms. The smallest absolute Gasteiger partial charge is 0.307 e. The van der Waals surface area contributed by atoms with Gasteiger partial charge in [0.05, 0.1) is 23.1 Å². The number of ether oxygens (including phenoxy) is 1. The largest absolute Gasteiger partial charge is 0.461 e. The SMILES string of the molecule is Cc1ccc2cc(COC(=O)CCN3C(=O)c4ccccc4C3=O)c(Cl)nc2c1. The first-order chi connectivity index (χ1) is 13.9. The number of benzene rings is 2. The monoisotopic (exact) mass is 408 g/mol. The minimum absolute atomic E-state index is 0.0311. The van der Waals surface area contributed by atoms with Gasteiger partial charge in [-0.3, -0.25) is 19.3 Å². The van der Waals surface area contributed by atoms with E-state index < -0.39 is 17.8 Å². The highest BCUT2D eigenvalue weighted by Crippen LogP contribution is 2.24. The molecule has 3 aromatic rings. The van der Waals surface area contributed by atoms with Crippen LogP contribution in [0.3, 0.4) is 0 Å². The van der Waals surface area contributed by atoms with Gasteiger partial charge in [-0.2, -0.15) is 0 Å². The molecule has 1 aliphatic heterocycles. The number of pyridine rings is 1. The molecule has 0 radical (unpaired) electrons. The number of amides is 2. The van der Waals surface area contributed by atoms with E-state index in [1.54, 1.807) is 24.3 Å². The predicted octanol–water partition coefficient (Wildman–Crippen LogP) is 3.93. The second-order valence-corrected chi connectivity index (χ2v) is 7.21. The van der Waals surface area contributed by atoms with Gasteiger partial charge in [0.1, 0.15) is 11.8 Å². The fraction of sp³-hybridized carbons (Fsp3) is 0.182. The van der Waals surface area contributed by atoms with Gasteiger partial charge in [-0.05, 0) is 36.8 Å². The van der Waals surface area contributed by atoms with Crippen LogP contribution >= 0.6 is 11.6 Å². The number of aromatic nitrogens is 1. The molecule has 2 amide bonds. The maximum absolute atomic E-state index is 12.3. The van der Waals surface area contributed by atoms with Crippen molar-refractivity contribution >= 4 is 40.3 Å². The highest BCUT2D eigenvalue weighted by Gasteiger charge is 2.35. The van der Waals surface area contributed by atoms with Crippen LogP contribution in [0.5, 0.6) is 0 Å². The van der Waals surface area contributed by atoms with E-state index in [-0.39, 0.29) is 24.7 Å². The quantitative estimate of drug-likeness (QED) is 0.363. The van der Waals surface area contributed by atoms with E-state index in [0.717, 1.165) is 21.4 Å². The third-order valence-electron chi connectivity index (χ3n) is 4.81. The number of carbonyl (C=O) groups excluding carboxylic acids is 3. The average Bonchev–Trinajstić information content (AvgIpc) is 2.95. The first kappa shape index (κ1) is 19.1. The first-order valence-electron chi connectivity index (χ1n) is 9.10. The molecule has 0 N–H and O–H groups in total. The zero-order valence-corrected chi connectivity index (χ0v) is 16.4. The Morgan fingerprint density at radius 3 is 2.45 bits per heavy atom. The second kappa shape index (κ2) is 7.64. The molecule has 7 heteroatoms. The highest BCUT2D eigenvalue weighted by atomic mass is 35.5. The molecule has 1 aliphatic rings. The summed E-state index contributed by atoms with van der Waals surface area (Å²) in [6.07, 6.45) is -0.0940. The molecule has 0 atom stereocenters.